The smallest absolute Gasteiger partial charge is 0.214 e. The molecule has 0 radical (unpaired) electrons. The number of aliphatic hydroxyl groups is 1. The summed E-state index contributed by atoms with van der Waals surface area (Å²) in [5.74, 6) is 1.04. The number of rotatable bonds is 7. The number of carbonyl (C=O) groups is 1. The number of amidine groups is 1. The SMILES string of the molecule is CC(C)(C)/C(O)=C/C(N)=Nc1ccc(-c2csc3nc(OCCN4CCNCC4)ccc3nc[nH]2)cc1.NC=O.SS. The molecule has 0 bridgehead atoms. The molecule has 1 aliphatic rings. The van der Waals surface area contributed by atoms with E-state index in [4.69, 9.17) is 15.3 Å². The Labute approximate surface area is 261 Å². The van der Waals surface area contributed by atoms with Crippen LogP contribution in [-0.2, 0) is 4.79 Å². The van der Waals surface area contributed by atoms with Gasteiger partial charge in [-0.25, -0.2) is 15.0 Å². The first-order valence-corrected chi connectivity index (χ1v) is 15.6. The van der Waals surface area contributed by atoms with E-state index in [1.807, 2.05) is 62.5 Å². The zero-order valence-corrected chi connectivity index (χ0v) is 26.6. The predicted molar refractivity (Wildman–Crippen MR) is 179 cm³/mol. The summed E-state index contributed by atoms with van der Waals surface area (Å²) < 4.78 is 5.93. The number of nitrogens with zero attached hydrogens (tertiary/aromatic N) is 4. The number of piperazine rings is 1. The van der Waals surface area contributed by atoms with E-state index in [9.17, 15) is 5.11 Å². The predicted octanol–water partition coefficient (Wildman–Crippen LogP) is 4.43. The van der Waals surface area contributed by atoms with Gasteiger partial charge in [0.05, 0.1) is 17.7 Å². The number of ether oxygens (including phenoxy) is 1. The number of H-pyrrole nitrogens is 1. The Hall–Kier alpha value is -3.30. The van der Waals surface area contributed by atoms with Gasteiger partial charge in [-0.1, -0.05) is 32.9 Å². The third kappa shape index (κ3) is 11.9. The van der Waals surface area contributed by atoms with Crippen LogP contribution in [0.2, 0.25) is 0 Å². The van der Waals surface area contributed by atoms with Crippen molar-refractivity contribution in [3.63, 3.8) is 0 Å². The Bertz CT molecular complexity index is 1360. The number of amides is 1. The maximum Gasteiger partial charge on any atom is 0.214 e. The minimum Gasteiger partial charge on any atom is -0.512 e. The molecule has 228 valence electrons. The van der Waals surface area contributed by atoms with E-state index in [2.05, 4.69) is 59.2 Å². The second-order valence-corrected chi connectivity index (χ2v) is 10.8. The van der Waals surface area contributed by atoms with E-state index < -0.39 is 0 Å². The number of carbonyl (C=O) groups excluding carboxylic acids is 1. The highest BCUT2D eigenvalue weighted by Crippen LogP contribution is 2.25. The highest BCUT2D eigenvalue weighted by molar-refractivity contribution is 8.59. The van der Waals surface area contributed by atoms with Gasteiger partial charge in [0.2, 0.25) is 12.3 Å². The molecule has 1 fully saturated rings. The first kappa shape index (κ1) is 34.9. The van der Waals surface area contributed by atoms with Crippen molar-refractivity contribution >= 4 is 62.9 Å². The number of hydrogen-bond acceptors (Lipinski definition) is 11. The summed E-state index contributed by atoms with van der Waals surface area (Å²) in [4.78, 5) is 28.6. The van der Waals surface area contributed by atoms with E-state index in [0.29, 0.717) is 18.2 Å². The molecule has 0 saturated carbocycles. The monoisotopic (exact) mass is 632 g/mol. The lowest BCUT2D eigenvalue weighted by Gasteiger charge is -2.26. The molecule has 1 aromatic carbocycles. The number of primary amides is 1. The Kier molecular flexibility index (Phi) is 15.2. The van der Waals surface area contributed by atoms with Crippen LogP contribution >= 0.6 is 34.7 Å². The summed E-state index contributed by atoms with van der Waals surface area (Å²) in [7, 11) is 0. The lowest BCUT2D eigenvalue weighted by molar-refractivity contribution is -0.106. The Morgan fingerprint density at radius 3 is 2.50 bits per heavy atom. The van der Waals surface area contributed by atoms with Gasteiger partial charge in [-0.05, 0) is 23.8 Å². The molecule has 7 N–H and O–H groups in total. The lowest BCUT2D eigenvalue weighted by atomic mass is 9.93. The van der Waals surface area contributed by atoms with Crippen LogP contribution in [0.15, 0.2) is 64.9 Å². The van der Waals surface area contributed by atoms with Gasteiger partial charge >= 0.3 is 0 Å². The Balaban J connectivity index is 0.00000116. The van der Waals surface area contributed by atoms with Crippen LogP contribution in [0.1, 0.15) is 20.8 Å². The number of allylic oxidation sites excluding steroid dienone is 1. The van der Waals surface area contributed by atoms with Crippen molar-refractivity contribution < 1.29 is 14.6 Å². The van der Waals surface area contributed by atoms with Gasteiger partial charge in [0, 0.05) is 55.7 Å². The number of fused-ring (bicyclic) bond motifs is 1. The van der Waals surface area contributed by atoms with Crippen LogP contribution < -0.4 is 21.5 Å². The van der Waals surface area contributed by atoms with Gasteiger partial charge in [-0.3, -0.25) is 9.69 Å². The largest absolute Gasteiger partial charge is 0.512 e. The fraction of sp³-hybridized carbons (Fsp3) is 0.357. The Morgan fingerprint density at radius 2 is 1.86 bits per heavy atom. The number of nitrogens with one attached hydrogen (secondary N) is 2. The summed E-state index contributed by atoms with van der Waals surface area (Å²) in [6.45, 7) is 11.4. The minimum absolute atomic E-state index is 0.188. The molecule has 3 heterocycles. The molecule has 1 saturated heterocycles. The summed E-state index contributed by atoms with van der Waals surface area (Å²) >= 11 is 7.94. The van der Waals surface area contributed by atoms with Crippen molar-refractivity contribution in [3.05, 3.63) is 59.9 Å². The van der Waals surface area contributed by atoms with Crippen molar-refractivity contribution in [2.45, 2.75) is 20.8 Å². The second kappa shape index (κ2) is 18.3. The quantitative estimate of drug-likeness (QED) is 0.0501. The van der Waals surface area contributed by atoms with E-state index in [1.165, 1.54) is 17.4 Å². The molecule has 1 aliphatic heterocycles. The van der Waals surface area contributed by atoms with Crippen molar-refractivity contribution in [1.82, 2.24) is 25.2 Å². The van der Waals surface area contributed by atoms with Crippen molar-refractivity contribution in [3.8, 4) is 17.1 Å². The van der Waals surface area contributed by atoms with E-state index in [-0.39, 0.29) is 23.4 Å². The Morgan fingerprint density at radius 1 is 1.19 bits per heavy atom. The van der Waals surface area contributed by atoms with Crippen LogP contribution in [0.3, 0.4) is 0 Å². The summed E-state index contributed by atoms with van der Waals surface area (Å²) in [6, 6.07) is 11.5. The molecular formula is C28H40N8O3S3. The molecule has 2 aromatic heterocycles. The van der Waals surface area contributed by atoms with Crippen molar-refractivity contribution in [2.75, 3.05) is 39.3 Å². The third-order valence-electron chi connectivity index (χ3n) is 5.88. The number of nitrogens with two attached hydrogens (primary N) is 2. The summed E-state index contributed by atoms with van der Waals surface area (Å²) in [5.41, 5.74) is 13.1. The number of aliphatic hydroxyl groups excluding tert-OH is 1. The minimum atomic E-state index is -0.384. The van der Waals surface area contributed by atoms with Gasteiger partial charge in [-0.2, -0.15) is 0 Å². The van der Waals surface area contributed by atoms with E-state index in [1.54, 1.807) is 6.33 Å². The van der Waals surface area contributed by atoms with Gasteiger partial charge in [0.25, 0.3) is 0 Å². The van der Waals surface area contributed by atoms with Crippen LogP contribution in [0.25, 0.3) is 21.6 Å². The number of pyridine rings is 1. The van der Waals surface area contributed by atoms with Gasteiger partial charge in [0.15, 0.2) is 0 Å². The molecule has 0 aliphatic carbocycles. The zero-order chi connectivity index (χ0) is 31.0. The first-order valence-electron chi connectivity index (χ1n) is 13.1. The maximum absolute atomic E-state index is 10.1. The number of benzene rings is 1. The average molecular weight is 633 g/mol. The lowest BCUT2D eigenvalue weighted by Crippen LogP contribution is -2.44. The van der Waals surface area contributed by atoms with Crippen LogP contribution in [0, 0.1) is 5.41 Å². The van der Waals surface area contributed by atoms with Crippen LogP contribution in [0.5, 0.6) is 5.88 Å². The number of aromatic amines is 1. The first-order chi connectivity index (χ1) is 20.2. The molecule has 14 heteroatoms. The molecule has 0 unspecified atom stereocenters. The molecule has 42 heavy (non-hydrogen) atoms. The third-order valence-corrected chi connectivity index (χ3v) is 6.76. The molecular weight excluding hydrogens is 593 g/mol. The number of hydrogen-bond donors (Lipinski definition) is 7. The van der Waals surface area contributed by atoms with E-state index >= 15 is 0 Å². The fourth-order valence-corrected chi connectivity index (χ4v) is 4.44. The van der Waals surface area contributed by atoms with E-state index in [0.717, 1.165) is 54.3 Å². The van der Waals surface area contributed by atoms with Crippen LogP contribution in [0.4, 0.5) is 5.69 Å². The zero-order valence-electron chi connectivity index (χ0n) is 24.0. The van der Waals surface area contributed by atoms with Gasteiger partial charge < -0.3 is 31.6 Å². The summed E-state index contributed by atoms with van der Waals surface area (Å²) in [6.07, 6.45) is 3.41. The van der Waals surface area contributed by atoms with Crippen molar-refractivity contribution in [2.24, 2.45) is 21.9 Å². The standard InChI is InChI=1S/C27H35N7O2S.CH3NO.H2S2/c1-27(2,3)23(35)16-24(28)32-20-6-4-19(5-7-20)22-17-37-26-21(30-18-31-22)8-9-25(33-26)36-15-14-34-12-10-29-11-13-34;2-1-3;1-2/h4-9,16-18,29,35H,10-15H2,1-3H3,(H2,28,32)(H,30,31);1H,(H2,2,3);1-2H/b22-17?,23-16-;;. The average Bonchev–Trinajstić information content (AvgIpc) is 2.96. The van der Waals surface area contributed by atoms with Gasteiger partial charge in [-0.15, -0.1) is 34.7 Å². The molecule has 0 atom stereocenters. The molecule has 1 amide bonds. The summed E-state index contributed by atoms with van der Waals surface area (Å²) in [5, 5.41) is 15.5. The molecule has 0 spiro atoms. The molecule has 11 nitrogen and oxygen atoms in total. The number of aliphatic imine (C=N–C) groups is 1. The normalized spacial score (nSPS) is 14.1. The number of thiol groups is 2. The maximum atomic E-state index is 10.1. The highest BCUT2D eigenvalue weighted by atomic mass is 33.1. The molecule has 3 aromatic rings. The fourth-order valence-electron chi connectivity index (χ4n) is 3.62. The number of aromatic nitrogens is 3. The van der Waals surface area contributed by atoms with Crippen molar-refractivity contribution in [1.29, 1.82) is 0 Å². The topological polar surface area (TPSA) is 168 Å². The molecule has 4 rings (SSSR count). The highest BCUT2D eigenvalue weighted by Gasteiger charge is 2.16. The van der Waals surface area contributed by atoms with Gasteiger partial charge in [0.1, 0.15) is 28.5 Å². The van der Waals surface area contributed by atoms with Crippen LogP contribution in [-0.4, -0.2) is 76.5 Å². The second-order valence-electron chi connectivity index (χ2n) is 9.96.